The number of phenols is 1. The van der Waals surface area contributed by atoms with Gasteiger partial charge in [-0.1, -0.05) is 6.07 Å². The standard InChI is InChI=1S/C14H11NO3/c1-17-11-4-2-3-9(7-11)14-15-12-6-5-10(16)8-13(12)18-14/h2-8,16H,1H3. The molecule has 3 aromatic rings. The van der Waals surface area contributed by atoms with Crippen LogP contribution >= 0.6 is 0 Å². The Morgan fingerprint density at radius 2 is 2.06 bits per heavy atom. The second-order valence-electron chi connectivity index (χ2n) is 3.90. The van der Waals surface area contributed by atoms with Crippen LogP contribution in [0.15, 0.2) is 46.9 Å². The number of hydrogen-bond donors (Lipinski definition) is 1. The number of benzene rings is 2. The Kier molecular flexibility index (Phi) is 2.41. The number of aromatic hydroxyl groups is 1. The quantitative estimate of drug-likeness (QED) is 0.748. The number of methoxy groups -OCH3 is 1. The first-order valence-electron chi connectivity index (χ1n) is 5.50. The molecule has 4 heteroatoms. The van der Waals surface area contributed by atoms with Crippen molar-refractivity contribution in [2.75, 3.05) is 7.11 Å². The monoisotopic (exact) mass is 241 g/mol. The van der Waals surface area contributed by atoms with E-state index in [1.54, 1.807) is 25.3 Å². The van der Waals surface area contributed by atoms with E-state index in [4.69, 9.17) is 9.15 Å². The topological polar surface area (TPSA) is 55.5 Å². The van der Waals surface area contributed by atoms with E-state index < -0.39 is 0 Å². The lowest BCUT2D eigenvalue weighted by Gasteiger charge is -2.00. The molecule has 1 heterocycles. The second kappa shape index (κ2) is 4.07. The Morgan fingerprint density at radius 1 is 1.17 bits per heavy atom. The van der Waals surface area contributed by atoms with Gasteiger partial charge in [0, 0.05) is 11.6 Å². The van der Waals surface area contributed by atoms with Gasteiger partial charge in [-0.05, 0) is 30.3 Å². The molecule has 0 bridgehead atoms. The van der Waals surface area contributed by atoms with E-state index in [1.807, 2.05) is 24.3 Å². The molecule has 0 aliphatic carbocycles. The first kappa shape index (κ1) is 10.7. The van der Waals surface area contributed by atoms with Crippen molar-refractivity contribution in [2.45, 2.75) is 0 Å². The SMILES string of the molecule is COc1cccc(-c2nc3ccc(O)cc3o2)c1. The minimum absolute atomic E-state index is 0.163. The molecule has 0 fully saturated rings. The number of rotatable bonds is 2. The van der Waals surface area contributed by atoms with Gasteiger partial charge < -0.3 is 14.3 Å². The van der Waals surface area contributed by atoms with Gasteiger partial charge in [-0.15, -0.1) is 0 Å². The van der Waals surface area contributed by atoms with Gasteiger partial charge in [0.15, 0.2) is 5.58 Å². The Balaban J connectivity index is 2.13. The van der Waals surface area contributed by atoms with Crippen molar-refractivity contribution in [2.24, 2.45) is 0 Å². The average molecular weight is 241 g/mol. The predicted octanol–water partition coefficient (Wildman–Crippen LogP) is 3.21. The molecule has 0 radical (unpaired) electrons. The molecule has 18 heavy (non-hydrogen) atoms. The van der Waals surface area contributed by atoms with Gasteiger partial charge in [-0.3, -0.25) is 0 Å². The average Bonchev–Trinajstić information content (AvgIpc) is 2.81. The van der Waals surface area contributed by atoms with E-state index >= 15 is 0 Å². The summed E-state index contributed by atoms with van der Waals surface area (Å²) >= 11 is 0. The van der Waals surface area contributed by atoms with Gasteiger partial charge in [-0.25, -0.2) is 4.98 Å². The molecule has 0 atom stereocenters. The van der Waals surface area contributed by atoms with Crippen LogP contribution in [-0.2, 0) is 0 Å². The highest BCUT2D eigenvalue weighted by atomic mass is 16.5. The number of oxazole rings is 1. The highest BCUT2D eigenvalue weighted by Gasteiger charge is 2.09. The molecule has 1 N–H and O–H groups in total. The maximum atomic E-state index is 9.38. The molecule has 0 aliphatic rings. The number of hydrogen-bond acceptors (Lipinski definition) is 4. The largest absolute Gasteiger partial charge is 0.508 e. The summed E-state index contributed by atoms with van der Waals surface area (Å²) in [6.45, 7) is 0. The van der Waals surface area contributed by atoms with Crippen molar-refractivity contribution in [1.82, 2.24) is 4.98 Å². The molecular formula is C14H11NO3. The summed E-state index contributed by atoms with van der Waals surface area (Å²) in [5.41, 5.74) is 2.11. The molecule has 0 saturated carbocycles. The van der Waals surface area contributed by atoms with Crippen LogP contribution in [0.3, 0.4) is 0 Å². The van der Waals surface area contributed by atoms with Crippen molar-refractivity contribution < 1.29 is 14.3 Å². The number of aromatic nitrogens is 1. The number of ether oxygens (including phenoxy) is 1. The van der Waals surface area contributed by atoms with Crippen LogP contribution in [0, 0.1) is 0 Å². The van der Waals surface area contributed by atoms with E-state index in [0.717, 1.165) is 11.3 Å². The number of nitrogens with zero attached hydrogens (tertiary/aromatic N) is 1. The van der Waals surface area contributed by atoms with Crippen LogP contribution in [0.25, 0.3) is 22.6 Å². The molecule has 0 unspecified atom stereocenters. The van der Waals surface area contributed by atoms with Gasteiger partial charge in [0.05, 0.1) is 7.11 Å². The molecule has 4 nitrogen and oxygen atoms in total. The Bertz CT molecular complexity index is 703. The minimum Gasteiger partial charge on any atom is -0.508 e. The normalized spacial score (nSPS) is 10.7. The van der Waals surface area contributed by atoms with Gasteiger partial charge >= 0.3 is 0 Å². The van der Waals surface area contributed by atoms with Crippen molar-refractivity contribution in [3.63, 3.8) is 0 Å². The third-order valence-electron chi connectivity index (χ3n) is 2.69. The van der Waals surface area contributed by atoms with Crippen molar-refractivity contribution in [3.05, 3.63) is 42.5 Å². The minimum atomic E-state index is 0.163. The molecule has 0 saturated heterocycles. The van der Waals surface area contributed by atoms with Crippen LogP contribution < -0.4 is 4.74 Å². The van der Waals surface area contributed by atoms with Crippen LogP contribution in [0.5, 0.6) is 11.5 Å². The van der Waals surface area contributed by atoms with Gasteiger partial charge in [-0.2, -0.15) is 0 Å². The summed E-state index contributed by atoms with van der Waals surface area (Å²) in [6.07, 6.45) is 0. The summed E-state index contributed by atoms with van der Waals surface area (Å²) in [5.74, 6) is 1.42. The van der Waals surface area contributed by atoms with Crippen LogP contribution in [-0.4, -0.2) is 17.2 Å². The molecule has 1 aromatic heterocycles. The fraction of sp³-hybridized carbons (Fsp3) is 0.0714. The summed E-state index contributed by atoms with van der Waals surface area (Å²) in [4.78, 5) is 4.37. The highest BCUT2D eigenvalue weighted by Crippen LogP contribution is 2.28. The summed E-state index contributed by atoms with van der Waals surface area (Å²) in [6, 6.07) is 12.3. The lowest BCUT2D eigenvalue weighted by molar-refractivity contribution is 0.415. The predicted molar refractivity (Wildman–Crippen MR) is 67.7 cm³/mol. The van der Waals surface area contributed by atoms with Gasteiger partial charge in [0.1, 0.15) is 17.0 Å². The molecule has 2 aromatic carbocycles. The van der Waals surface area contributed by atoms with Crippen LogP contribution in [0.1, 0.15) is 0 Å². The van der Waals surface area contributed by atoms with Crippen LogP contribution in [0.4, 0.5) is 0 Å². The third kappa shape index (κ3) is 1.78. The smallest absolute Gasteiger partial charge is 0.227 e. The summed E-state index contributed by atoms with van der Waals surface area (Å²) in [7, 11) is 1.61. The zero-order valence-corrected chi connectivity index (χ0v) is 9.75. The van der Waals surface area contributed by atoms with Gasteiger partial charge in [0.25, 0.3) is 0 Å². The summed E-state index contributed by atoms with van der Waals surface area (Å²) in [5, 5.41) is 9.38. The zero-order chi connectivity index (χ0) is 12.5. The molecule has 0 aliphatic heterocycles. The highest BCUT2D eigenvalue weighted by molar-refractivity contribution is 5.77. The molecule has 3 rings (SSSR count). The van der Waals surface area contributed by atoms with E-state index in [2.05, 4.69) is 4.98 Å². The van der Waals surface area contributed by atoms with Crippen molar-refractivity contribution in [3.8, 4) is 23.0 Å². The number of fused-ring (bicyclic) bond motifs is 1. The third-order valence-corrected chi connectivity index (χ3v) is 2.69. The van der Waals surface area contributed by atoms with E-state index in [0.29, 0.717) is 17.0 Å². The second-order valence-corrected chi connectivity index (χ2v) is 3.90. The van der Waals surface area contributed by atoms with Crippen molar-refractivity contribution >= 4 is 11.1 Å². The van der Waals surface area contributed by atoms with Crippen LogP contribution in [0.2, 0.25) is 0 Å². The van der Waals surface area contributed by atoms with E-state index in [9.17, 15) is 5.11 Å². The Labute approximate surface area is 103 Å². The fourth-order valence-electron chi connectivity index (χ4n) is 1.79. The fourth-order valence-corrected chi connectivity index (χ4v) is 1.79. The Hall–Kier alpha value is -2.49. The maximum absolute atomic E-state index is 9.38. The number of phenolic OH excluding ortho intramolecular Hbond substituents is 1. The molecule has 90 valence electrons. The summed E-state index contributed by atoms with van der Waals surface area (Å²) < 4.78 is 10.8. The van der Waals surface area contributed by atoms with E-state index in [1.165, 1.54) is 0 Å². The van der Waals surface area contributed by atoms with Crippen molar-refractivity contribution in [1.29, 1.82) is 0 Å². The lowest BCUT2D eigenvalue weighted by Crippen LogP contribution is -1.83. The Morgan fingerprint density at radius 3 is 2.89 bits per heavy atom. The first-order valence-corrected chi connectivity index (χ1v) is 5.50. The zero-order valence-electron chi connectivity index (χ0n) is 9.75. The maximum Gasteiger partial charge on any atom is 0.227 e. The molecular weight excluding hydrogens is 230 g/mol. The van der Waals surface area contributed by atoms with E-state index in [-0.39, 0.29) is 5.75 Å². The lowest BCUT2D eigenvalue weighted by atomic mass is 10.2. The van der Waals surface area contributed by atoms with Gasteiger partial charge in [0.2, 0.25) is 5.89 Å². The molecule has 0 spiro atoms. The molecule has 0 amide bonds. The first-order chi connectivity index (χ1) is 8.76.